The number of nitrogens with zero attached hydrogens (tertiary/aromatic N) is 2. The van der Waals surface area contributed by atoms with E-state index in [0.717, 1.165) is 39.0 Å². The number of sulfonamides is 1. The van der Waals surface area contributed by atoms with Gasteiger partial charge in [-0.3, -0.25) is 0 Å². The molecule has 7 nitrogen and oxygen atoms in total. The monoisotopic (exact) mass is 393 g/mol. The van der Waals surface area contributed by atoms with Crippen molar-refractivity contribution in [1.82, 2.24) is 14.6 Å². The Hall–Kier alpha value is -1.22. The van der Waals surface area contributed by atoms with Crippen LogP contribution in [0.15, 0.2) is 17.0 Å². The fraction of sp³-hybridized carbons (Fsp3) is 0.737. The highest BCUT2D eigenvalue weighted by Gasteiger charge is 2.60. The van der Waals surface area contributed by atoms with Crippen molar-refractivity contribution in [3.8, 4) is 5.88 Å². The first kappa shape index (κ1) is 17.8. The van der Waals surface area contributed by atoms with Gasteiger partial charge in [-0.15, -0.1) is 0 Å². The Kier molecular flexibility index (Phi) is 3.89. The van der Waals surface area contributed by atoms with Crippen molar-refractivity contribution in [1.29, 1.82) is 0 Å². The molecule has 148 valence electrons. The third kappa shape index (κ3) is 2.57. The summed E-state index contributed by atoms with van der Waals surface area (Å²) in [7, 11) is -1.96. The molecule has 0 bridgehead atoms. The van der Waals surface area contributed by atoms with Crippen LogP contribution in [0.25, 0.3) is 0 Å². The van der Waals surface area contributed by atoms with Crippen LogP contribution in [0.5, 0.6) is 5.88 Å². The lowest BCUT2D eigenvalue weighted by Crippen LogP contribution is -2.71. The molecule has 3 saturated heterocycles. The molecule has 0 radical (unpaired) electrons. The Bertz CT molecular complexity index is 856. The Balaban J connectivity index is 1.26. The van der Waals surface area contributed by atoms with Crippen LogP contribution in [0.2, 0.25) is 0 Å². The zero-order valence-corrected chi connectivity index (χ0v) is 16.7. The molecule has 1 N–H and O–H groups in total. The van der Waals surface area contributed by atoms with E-state index in [1.54, 1.807) is 23.4 Å². The average molecular weight is 394 g/mol. The van der Waals surface area contributed by atoms with E-state index in [2.05, 4.69) is 10.3 Å². The fourth-order valence-electron chi connectivity index (χ4n) is 5.52. The van der Waals surface area contributed by atoms with Gasteiger partial charge in [0.05, 0.1) is 25.5 Å². The number of aryl methyl sites for hydroxylation is 1. The molecule has 8 heteroatoms. The van der Waals surface area contributed by atoms with E-state index in [4.69, 9.17) is 9.47 Å². The van der Waals surface area contributed by atoms with Crippen molar-refractivity contribution in [2.75, 3.05) is 39.9 Å². The molecule has 4 heterocycles. The summed E-state index contributed by atoms with van der Waals surface area (Å²) < 4.78 is 38.7. The van der Waals surface area contributed by atoms with Crippen molar-refractivity contribution in [2.24, 2.45) is 16.7 Å². The highest BCUT2D eigenvalue weighted by Crippen LogP contribution is 2.55. The molecule has 1 aromatic rings. The van der Waals surface area contributed by atoms with E-state index in [0.29, 0.717) is 42.1 Å². The van der Waals surface area contributed by atoms with Gasteiger partial charge in [0, 0.05) is 37.7 Å². The first-order valence-corrected chi connectivity index (χ1v) is 11.2. The second kappa shape index (κ2) is 5.89. The lowest BCUT2D eigenvalue weighted by Gasteiger charge is -2.58. The van der Waals surface area contributed by atoms with Gasteiger partial charge in [0.1, 0.15) is 4.90 Å². The number of aromatic nitrogens is 1. The summed E-state index contributed by atoms with van der Waals surface area (Å²) in [5, 5.41) is 3.38. The lowest BCUT2D eigenvalue weighted by molar-refractivity contribution is -0.231. The van der Waals surface area contributed by atoms with Gasteiger partial charge in [0.2, 0.25) is 15.9 Å². The lowest BCUT2D eigenvalue weighted by atomic mass is 9.67. The SMILES string of the molecule is COc1ccc(S(=O)(=O)N2CC3(CCC(C4OCC45CNC5)C3)C2)c(C)n1. The van der Waals surface area contributed by atoms with Gasteiger partial charge in [-0.1, -0.05) is 0 Å². The van der Waals surface area contributed by atoms with Crippen LogP contribution in [-0.2, 0) is 14.8 Å². The van der Waals surface area contributed by atoms with Crippen LogP contribution < -0.4 is 10.1 Å². The zero-order chi connectivity index (χ0) is 18.9. The van der Waals surface area contributed by atoms with E-state index in [1.165, 1.54) is 7.11 Å². The molecule has 0 aromatic carbocycles. The first-order chi connectivity index (χ1) is 12.9. The van der Waals surface area contributed by atoms with Crippen molar-refractivity contribution in [3.63, 3.8) is 0 Å². The third-order valence-corrected chi connectivity index (χ3v) is 9.06. The molecule has 1 aromatic heterocycles. The molecule has 1 aliphatic carbocycles. The Morgan fingerprint density at radius 1 is 1.33 bits per heavy atom. The maximum absolute atomic E-state index is 13.0. The summed E-state index contributed by atoms with van der Waals surface area (Å²) in [6.07, 6.45) is 3.72. The minimum absolute atomic E-state index is 0.142. The summed E-state index contributed by atoms with van der Waals surface area (Å²) >= 11 is 0. The van der Waals surface area contributed by atoms with Crippen molar-refractivity contribution in [2.45, 2.75) is 37.2 Å². The second-order valence-corrected chi connectivity index (χ2v) is 10.8. The quantitative estimate of drug-likeness (QED) is 0.827. The number of ether oxygens (including phenoxy) is 2. The number of methoxy groups -OCH3 is 1. The summed E-state index contributed by atoms with van der Waals surface area (Å²) in [4.78, 5) is 4.51. The summed E-state index contributed by atoms with van der Waals surface area (Å²) in [5.41, 5.74) is 1.00. The topological polar surface area (TPSA) is 80.8 Å². The van der Waals surface area contributed by atoms with Crippen LogP contribution >= 0.6 is 0 Å². The fourth-order valence-corrected chi connectivity index (χ4v) is 7.35. The predicted molar refractivity (Wildman–Crippen MR) is 99.1 cm³/mol. The van der Waals surface area contributed by atoms with Crippen molar-refractivity contribution in [3.05, 3.63) is 17.8 Å². The van der Waals surface area contributed by atoms with E-state index >= 15 is 0 Å². The standard InChI is InChI=1S/C19H27N3O4S/c1-13-15(3-4-16(21-13)25-2)27(23,24)22-10-18(11-22)6-5-14(7-18)17-19(12-26-17)8-20-9-19/h3-4,14,17,20H,5-12H2,1-2H3. The highest BCUT2D eigenvalue weighted by atomic mass is 32.2. The maximum Gasteiger partial charge on any atom is 0.244 e. The maximum atomic E-state index is 13.0. The van der Waals surface area contributed by atoms with E-state index in [9.17, 15) is 8.42 Å². The zero-order valence-electron chi connectivity index (χ0n) is 15.9. The summed E-state index contributed by atoms with van der Waals surface area (Å²) in [6.45, 7) is 6.00. The number of hydrogen-bond acceptors (Lipinski definition) is 6. The summed E-state index contributed by atoms with van der Waals surface area (Å²) in [5.74, 6) is 1.01. The Morgan fingerprint density at radius 2 is 2.11 bits per heavy atom. The number of rotatable bonds is 4. The van der Waals surface area contributed by atoms with Gasteiger partial charge in [0.15, 0.2) is 0 Å². The highest BCUT2D eigenvalue weighted by molar-refractivity contribution is 7.89. The van der Waals surface area contributed by atoms with E-state index in [-0.39, 0.29) is 10.3 Å². The van der Waals surface area contributed by atoms with E-state index in [1.807, 2.05) is 0 Å². The van der Waals surface area contributed by atoms with Crippen LogP contribution in [0, 0.1) is 23.7 Å². The molecular weight excluding hydrogens is 366 g/mol. The molecule has 0 amide bonds. The molecule has 5 rings (SSSR count). The Morgan fingerprint density at radius 3 is 2.67 bits per heavy atom. The van der Waals surface area contributed by atoms with Crippen LogP contribution in [0.1, 0.15) is 25.0 Å². The molecule has 3 aliphatic heterocycles. The molecule has 27 heavy (non-hydrogen) atoms. The van der Waals surface area contributed by atoms with Gasteiger partial charge in [-0.05, 0) is 43.6 Å². The molecular formula is C19H27N3O4S. The average Bonchev–Trinajstić information content (AvgIpc) is 2.95. The van der Waals surface area contributed by atoms with Crippen LogP contribution in [0.4, 0.5) is 0 Å². The van der Waals surface area contributed by atoms with Gasteiger partial charge in [-0.25, -0.2) is 13.4 Å². The van der Waals surface area contributed by atoms with Crippen LogP contribution in [-0.4, -0.2) is 63.7 Å². The number of nitrogens with one attached hydrogen (secondary N) is 1. The third-order valence-electron chi connectivity index (χ3n) is 7.14. The molecule has 4 aliphatic rings. The van der Waals surface area contributed by atoms with E-state index < -0.39 is 10.0 Å². The molecule has 2 spiro atoms. The van der Waals surface area contributed by atoms with Gasteiger partial charge in [-0.2, -0.15) is 4.31 Å². The Labute approximate surface area is 160 Å². The van der Waals surface area contributed by atoms with Gasteiger partial charge < -0.3 is 14.8 Å². The normalized spacial score (nSPS) is 31.3. The summed E-state index contributed by atoms with van der Waals surface area (Å²) in [6, 6.07) is 3.22. The molecule has 2 unspecified atom stereocenters. The minimum Gasteiger partial charge on any atom is -0.481 e. The first-order valence-electron chi connectivity index (χ1n) is 9.72. The largest absolute Gasteiger partial charge is 0.481 e. The van der Waals surface area contributed by atoms with Gasteiger partial charge >= 0.3 is 0 Å². The minimum atomic E-state index is -3.49. The number of hydrogen-bond donors (Lipinski definition) is 1. The molecule has 2 atom stereocenters. The molecule has 1 saturated carbocycles. The van der Waals surface area contributed by atoms with Gasteiger partial charge in [0.25, 0.3) is 0 Å². The van der Waals surface area contributed by atoms with Crippen molar-refractivity contribution >= 4 is 10.0 Å². The van der Waals surface area contributed by atoms with Crippen LogP contribution in [0.3, 0.4) is 0 Å². The smallest absolute Gasteiger partial charge is 0.244 e. The predicted octanol–water partition coefficient (Wildman–Crippen LogP) is 1.18. The number of pyridine rings is 1. The van der Waals surface area contributed by atoms with Crippen molar-refractivity contribution < 1.29 is 17.9 Å². The molecule has 4 fully saturated rings. The second-order valence-electron chi connectivity index (χ2n) is 8.91.